The van der Waals surface area contributed by atoms with Crippen molar-refractivity contribution in [2.45, 2.75) is 18.3 Å². The van der Waals surface area contributed by atoms with Crippen LogP contribution in [0, 0.1) is 0 Å². The Morgan fingerprint density at radius 3 is 2.60 bits per heavy atom. The summed E-state index contributed by atoms with van der Waals surface area (Å²) in [7, 11) is 0. The first-order valence-electron chi connectivity index (χ1n) is 7.52. The van der Waals surface area contributed by atoms with E-state index in [9.17, 15) is 0 Å². The zero-order chi connectivity index (χ0) is 13.4. The molecule has 1 aromatic heterocycles. The van der Waals surface area contributed by atoms with Gasteiger partial charge in [-0.3, -0.25) is 4.98 Å². The van der Waals surface area contributed by atoms with Crippen LogP contribution >= 0.6 is 0 Å². The van der Waals surface area contributed by atoms with E-state index in [0.717, 1.165) is 58.9 Å². The molecule has 3 aliphatic heterocycles. The van der Waals surface area contributed by atoms with Gasteiger partial charge in [0.05, 0.1) is 24.6 Å². The number of ether oxygens (including phenoxy) is 2. The molecule has 4 rings (SSSR count). The van der Waals surface area contributed by atoms with Gasteiger partial charge in [-0.1, -0.05) is 0 Å². The predicted octanol–water partition coefficient (Wildman–Crippen LogP) is 1.20. The molecule has 0 aromatic carbocycles. The molecule has 0 bridgehead atoms. The summed E-state index contributed by atoms with van der Waals surface area (Å²) < 4.78 is 11.1. The molecule has 0 unspecified atom stereocenters. The van der Waals surface area contributed by atoms with Crippen molar-refractivity contribution in [3.05, 3.63) is 24.0 Å². The van der Waals surface area contributed by atoms with Crippen molar-refractivity contribution in [2.75, 3.05) is 51.1 Å². The monoisotopic (exact) mass is 275 g/mol. The highest BCUT2D eigenvalue weighted by atomic mass is 16.5. The smallest absolute Gasteiger partial charge is 0.0744 e. The molecule has 0 aliphatic carbocycles. The van der Waals surface area contributed by atoms with Crippen LogP contribution in [-0.4, -0.2) is 56.1 Å². The van der Waals surface area contributed by atoms with Crippen molar-refractivity contribution in [2.24, 2.45) is 0 Å². The van der Waals surface area contributed by atoms with Gasteiger partial charge in [0.1, 0.15) is 0 Å². The van der Waals surface area contributed by atoms with E-state index in [1.54, 1.807) is 0 Å². The van der Waals surface area contributed by atoms with E-state index < -0.39 is 0 Å². The Bertz CT molecular complexity index is 482. The normalized spacial score (nSPS) is 25.9. The van der Waals surface area contributed by atoms with Crippen molar-refractivity contribution in [1.82, 2.24) is 9.99 Å². The number of fused-ring (bicyclic) bond motifs is 2. The zero-order valence-electron chi connectivity index (χ0n) is 11.8. The minimum absolute atomic E-state index is 0.188. The molecular formula is C15H21N3O2. The SMILES string of the molecule is c1cnc2c(c1)N(N1CCOCC1)CC21CCOCC1. The molecule has 5 heteroatoms. The number of hydrazine groups is 1. The molecule has 0 N–H and O–H groups in total. The maximum absolute atomic E-state index is 5.57. The van der Waals surface area contributed by atoms with Gasteiger partial charge in [0.15, 0.2) is 0 Å². The van der Waals surface area contributed by atoms with Crippen molar-refractivity contribution >= 4 is 5.69 Å². The molecule has 108 valence electrons. The largest absolute Gasteiger partial charge is 0.381 e. The molecule has 0 radical (unpaired) electrons. The van der Waals surface area contributed by atoms with Crippen molar-refractivity contribution in [3.63, 3.8) is 0 Å². The third-order valence-electron chi connectivity index (χ3n) is 4.80. The van der Waals surface area contributed by atoms with E-state index >= 15 is 0 Å². The Hall–Kier alpha value is -1.17. The Morgan fingerprint density at radius 2 is 1.80 bits per heavy atom. The molecule has 5 nitrogen and oxygen atoms in total. The molecule has 2 fully saturated rings. The van der Waals surface area contributed by atoms with Gasteiger partial charge in [0, 0.05) is 44.5 Å². The minimum Gasteiger partial charge on any atom is -0.381 e. The quantitative estimate of drug-likeness (QED) is 0.770. The second kappa shape index (κ2) is 4.98. The predicted molar refractivity (Wildman–Crippen MR) is 75.7 cm³/mol. The summed E-state index contributed by atoms with van der Waals surface area (Å²) in [6.45, 7) is 6.34. The van der Waals surface area contributed by atoms with Gasteiger partial charge in [-0.2, -0.15) is 0 Å². The summed E-state index contributed by atoms with van der Waals surface area (Å²) >= 11 is 0. The molecule has 2 saturated heterocycles. The number of rotatable bonds is 1. The van der Waals surface area contributed by atoms with Crippen LogP contribution in [0.4, 0.5) is 5.69 Å². The van der Waals surface area contributed by atoms with E-state index in [1.807, 2.05) is 12.3 Å². The zero-order valence-corrected chi connectivity index (χ0v) is 11.8. The topological polar surface area (TPSA) is 37.8 Å². The first-order chi connectivity index (χ1) is 9.89. The van der Waals surface area contributed by atoms with Crippen LogP contribution in [0.5, 0.6) is 0 Å². The van der Waals surface area contributed by atoms with Crippen LogP contribution in [-0.2, 0) is 14.9 Å². The van der Waals surface area contributed by atoms with Gasteiger partial charge < -0.3 is 14.5 Å². The standard InChI is InChI=1S/C15H21N3O2/c1-2-13-14(16-5-1)15(3-8-19-9-4-15)12-18(13)17-6-10-20-11-7-17/h1-2,5H,3-4,6-12H2. The molecule has 3 aliphatic rings. The lowest BCUT2D eigenvalue weighted by atomic mass is 9.78. The average molecular weight is 275 g/mol. The summed E-state index contributed by atoms with van der Waals surface area (Å²) in [5, 5.41) is 4.87. The Balaban J connectivity index is 1.69. The molecule has 0 atom stereocenters. The molecule has 0 amide bonds. The highest BCUT2D eigenvalue weighted by molar-refractivity contribution is 5.59. The van der Waals surface area contributed by atoms with Gasteiger partial charge in [-0.25, -0.2) is 5.01 Å². The van der Waals surface area contributed by atoms with Crippen LogP contribution in [0.1, 0.15) is 18.5 Å². The molecule has 1 spiro atoms. The number of hydrogen-bond acceptors (Lipinski definition) is 5. The highest BCUT2D eigenvalue weighted by Crippen LogP contribution is 2.45. The lowest BCUT2D eigenvalue weighted by molar-refractivity contribution is 0.0227. The third-order valence-corrected chi connectivity index (χ3v) is 4.80. The number of pyridine rings is 1. The Labute approximate surface area is 119 Å². The van der Waals surface area contributed by atoms with Gasteiger partial charge >= 0.3 is 0 Å². The van der Waals surface area contributed by atoms with E-state index in [0.29, 0.717) is 0 Å². The van der Waals surface area contributed by atoms with Crippen molar-refractivity contribution in [3.8, 4) is 0 Å². The fourth-order valence-corrected chi connectivity index (χ4v) is 3.67. The van der Waals surface area contributed by atoms with Crippen molar-refractivity contribution < 1.29 is 9.47 Å². The van der Waals surface area contributed by atoms with Crippen LogP contribution in [0.25, 0.3) is 0 Å². The van der Waals surface area contributed by atoms with Crippen LogP contribution in [0.15, 0.2) is 18.3 Å². The average Bonchev–Trinajstić information content (AvgIpc) is 2.84. The maximum atomic E-state index is 5.57. The molecule has 1 aromatic rings. The van der Waals surface area contributed by atoms with E-state index in [-0.39, 0.29) is 5.41 Å². The maximum Gasteiger partial charge on any atom is 0.0744 e. The minimum atomic E-state index is 0.188. The van der Waals surface area contributed by atoms with Crippen molar-refractivity contribution in [1.29, 1.82) is 0 Å². The Morgan fingerprint density at radius 1 is 1.05 bits per heavy atom. The summed E-state index contributed by atoms with van der Waals surface area (Å²) in [5.74, 6) is 0. The number of anilines is 1. The summed E-state index contributed by atoms with van der Waals surface area (Å²) in [6.07, 6.45) is 4.09. The lowest BCUT2D eigenvalue weighted by Crippen LogP contribution is -2.51. The summed E-state index contributed by atoms with van der Waals surface area (Å²) in [4.78, 5) is 4.73. The van der Waals surface area contributed by atoms with Gasteiger partial charge in [-0.05, 0) is 25.0 Å². The fraction of sp³-hybridized carbons (Fsp3) is 0.667. The van der Waals surface area contributed by atoms with Gasteiger partial charge in [-0.15, -0.1) is 0 Å². The molecular weight excluding hydrogens is 254 g/mol. The molecule has 20 heavy (non-hydrogen) atoms. The van der Waals surface area contributed by atoms with E-state index in [2.05, 4.69) is 16.1 Å². The highest BCUT2D eigenvalue weighted by Gasteiger charge is 2.46. The van der Waals surface area contributed by atoms with E-state index in [4.69, 9.17) is 14.5 Å². The first-order valence-corrected chi connectivity index (χ1v) is 7.52. The summed E-state index contributed by atoms with van der Waals surface area (Å²) in [5.41, 5.74) is 2.75. The van der Waals surface area contributed by atoms with Crippen LogP contribution in [0.2, 0.25) is 0 Å². The third kappa shape index (κ3) is 1.92. The second-order valence-electron chi connectivity index (χ2n) is 5.89. The van der Waals surface area contributed by atoms with Gasteiger partial charge in [0.25, 0.3) is 0 Å². The van der Waals surface area contributed by atoms with Crippen LogP contribution in [0.3, 0.4) is 0 Å². The number of morpholine rings is 1. The summed E-state index contributed by atoms with van der Waals surface area (Å²) in [6, 6.07) is 4.26. The molecule has 0 saturated carbocycles. The van der Waals surface area contributed by atoms with Crippen LogP contribution < -0.4 is 5.01 Å². The van der Waals surface area contributed by atoms with E-state index in [1.165, 1.54) is 11.4 Å². The molecule has 4 heterocycles. The number of aromatic nitrogens is 1. The number of hydrogen-bond donors (Lipinski definition) is 0. The first kappa shape index (κ1) is 12.6. The number of nitrogens with zero attached hydrogens (tertiary/aromatic N) is 3. The fourth-order valence-electron chi connectivity index (χ4n) is 3.67. The Kier molecular flexibility index (Phi) is 3.13. The lowest BCUT2D eigenvalue weighted by Gasteiger charge is -2.39. The second-order valence-corrected chi connectivity index (χ2v) is 5.89. The van der Waals surface area contributed by atoms with Gasteiger partial charge in [0.2, 0.25) is 0 Å².